The Kier molecular flexibility index (Phi) is 3.41. The minimum atomic E-state index is -4.41. The summed E-state index contributed by atoms with van der Waals surface area (Å²) in [6.45, 7) is 4.22. The third-order valence-corrected chi connectivity index (χ3v) is 2.33. The normalized spacial score (nSPS) is 11.6. The smallest absolute Gasteiger partial charge is 0.370 e. The van der Waals surface area contributed by atoms with Gasteiger partial charge in [0.1, 0.15) is 11.6 Å². The Hall–Kier alpha value is -2.12. The topological polar surface area (TPSA) is 55.6 Å². The van der Waals surface area contributed by atoms with Crippen LogP contribution in [-0.4, -0.2) is 26.3 Å². The minimum Gasteiger partial charge on any atom is -0.370 e. The van der Waals surface area contributed by atoms with Crippen LogP contribution in [0.1, 0.15) is 18.3 Å². The summed E-state index contributed by atoms with van der Waals surface area (Å²) < 4.78 is 38.6. The van der Waals surface area contributed by atoms with E-state index < -0.39 is 11.7 Å². The Morgan fingerprint density at radius 2 is 2.05 bits per heavy atom. The first-order valence-electron chi connectivity index (χ1n) is 5.62. The molecule has 0 fully saturated rings. The quantitative estimate of drug-likeness (QED) is 0.931. The maximum absolute atomic E-state index is 12.5. The van der Waals surface area contributed by atoms with Crippen molar-refractivity contribution in [3.05, 3.63) is 29.8 Å². The zero-order valence-electron chi connectivity index (χ0n) is 10.4. The number of anilines is 1. The zero-order chi connectivity index (χ0) is 14.0. The molecule has 0 saturated carbocycles. The van der Waals surface area contributed by atoms with Gasteiger partial charge in [0.2, 0.25) is 0 Å². The number of hydrogen-bond donors (Lipinski definition) is 1. The largest absolute Gasteiger partial charge is 0.419 e. The van der Waals surface area contributed by atoms with Gasteiger partial charge < -0.3 is 5.32 Å². The summed E-state index contributed by atoms with van der Waals surface area (Å²) in [5.41, 5.74) is -0.811. The first-order valence-corrected chi connectivity index (χ1v) is 5.62. The second-order valence-corrected chi connectivity index (χ2v) is 3.86. The molecule has 0 aliphatic heterocycles. The number of aromatic nitrogens is 4. The molecule has 0 aliphatic rings. The van der Waals surface area contributed by atoms with Crippen molar-refractivity contribution in [3.8, 4) is 5.82 Å². The molecule has 5 nitrogen and oxygen atoms in total. The van der Waals surface area contributed by atoms with E-state index in [1.165, 1.54) is 0 Å². The first-order chi connectivity index (χ1) is 8.90. The van der Waals surface area contributed by atoms with E-state index in [9.17, 15) is 13.2 Å². The highest BCUT2D eigenvalue weighted by molar-refractivity contribution is 5.41. The number of nitrogens with one attached hydrogen (secondary N) is 1. The lowest BCUT2D eigenvalue weighted by atomic mass is 10.3. The third kappa shape index (κ3) is 3.01. The van der Waals surface area contributed by atoms with E-state index in [1.807, 2.05) is 6.92 Å². The molecule has 1 N–H and O–H groups in total. The third-order valence-electron chi connectivity index (χ3n) is 2.33. The first kappa shape index (κ1) is 13.3. The molecule has 2 aromatic heterocycles. The van der Waals surface area contributed by atoms with Crippen molar-refractivity contribution in [2.75, 3.05) is 11.9 Å². The molecule has 0 atom stereocenters. The van der Waals surface area contributed by atoms with Crippen LogP contribution in [0.15, 0.2) is 18.5 Å². The standard InChI is InChI=1S/C11H12F3N5/c1-3-15-9-4-10(18-7(2)17-9)19-6-8(5-16-19)11(12,13)14/h4-6H,3H2,1-2H3,(H,15,17,18). The number of nitrogens with zero attached hydrogens (tertiary/aromatic N) is 4. The summed E-state index contributed by atoms with van der Waals surface area (Å²) in [5, 5.41) is 6.65. The van der Waals surface area contributed by atoms with Gasteiger partial charge in [0.05, 0.1) is 11.8 Å². The van der Waals surface area contributed by atoms with Crippen molar-refractivity contribution in [1.82, 2.24) is 19.7 Å². The van der Waals surface area contributed by atoms with Gasteiger partial charge in [-0.25, -0.2) is 14.6 Å². The summed E-state index contributed by atoms with van der Waals surface area (Å²) in [4.78, 5) is 8.18. The van der Waals surface area contributed by atoms with Crippen molar-refractivity contribution in [3.63, 3.8) is 0 Å². The van der Waals surface area contributed by atoms with Gasteiger partial charge in [0.15, 0.2) is 5.82 Å². The summed E-state index contributed by atoms with van der Waals surface area (Å²) in [7, 11) is 0. The second-order valence-electron chi connectivity index (χ2n) is 3.86. The average molecular weight is 271 g/mol. The van der Waals surface area contributed by atoms with Crippen LogP contribution in [0.4, 0.5) is 19.0 Å². The van der Waals surface area contributed by atoms with Crippen LogP contribution in [-0.2, 0) is 6.18 Å². The van der Waals surface area contributed by atoms with Gasteiger partial charge in [-0.2, -0.15) is 18.3 Å². The highest BCUT2D eigenvalue weighted by atomic mass is 19.4. The van der Waals surface area contributed by atoms with E-state index in [4.69, 9.17) is 0 Å². The van der Waals surface area contributed by atoms with Crippen molar-refractivity contribution >= 4 is 5.82 Å². The molecule has 0 amide bonds. The number of hydrogen-bond acceptors (Lipinski definition) is 4. The molecule has 2 heterocycles. The van der Waals surface area contributed by atoms with Crippen LogP contribution in [0.5, 0.6) is 0 Å². The SMILES string of the molecule is CCNc1cc(-n2cc(C(F)(F)F)cn2)nc(C)n1. The molecule has 0 aliphatic carbocycles. The van der Waals surface area contributed by atoms with E-state index in [0.717, 1.165) is 17.1 Å². The highest BCUT2D eigenvalue weighted by Gasteiger charge is 2.32. The summed E-state index contributed by atoms with van der Waals surface area (Å²) >= 11 is 0. The Morgan fingerprint density at radius 3 is 2.63 bits per heavy atom. The number of halogens is 3. The lowest BCUT2D eigenvalue weighted by Crippen LogP contribution is -2.06. The Morgan fingerprint density at radius 1 is 1.32 bits per heavy atom. The van der Waals surface area contributed by atoms with Crippen LogP contribution < -0.4 is 5.32 Å². The summed E-state index contributed by atoms with van der Waals surface area (Å²) in [6, 6.07) is 1.55. The molecule has 102 valence electrons. The van der Waals surface area contributed by atoms with E-state index >= 15 is 0 Å². The molecule has 19 heavy (non-hydrogen) atoms. The van der Waals surface area contributed by atoms with Crippen LogP contribution in [0, 0.1) is 6.92 Å². The Labute approximate surface area is 107 Å². The van der Waals surface area contributed by atoms with E-state index in [2.05, 4.69) is 20.4 Å². The van der Waals surface area contributed by atoms with Crippen LogP contribution in [0.3, 0.4) is 0 Å². The lowest BCUT2D eigenvalue weighted by molar-refractivity contribution is -0.137. The van der Waals surface area contributed by atoms with E-state index in [1.54, 1.807) is 13.0 Å². The van der Waals surface area contributed by atoms with Crippen LogP contribution in [0.25, 0.3) is 5.82 Å². The fourth-order valence-electron chi connectivity index (χ4n) is 1.54. The summed E-state index contributed by atoms with van der Waals surface area (Å²) in [5.74, 6) is 1.30. The fraction of sp³-hybridized carbons (Fsp3) is 0.364. The number of alkyl halides is 3. The van der Waals surface area contributed by atoms with Gasteiger partial charge in [-0.3, -0.25) is 0 Å². The molecule has 0 aromatic carbocycles. The molecule has 0 unspecified atom stereocenters. The van der Waals surface area contributed by atoms with E-state index in [0.29, 0.717) is 24.0 Å². The molecular formula is C11H12F3N5. The van der Waals surface area contributed by atoms with Crippen molar-refractivity contribution in [1.29, 1.82) is 0 Å². The van der Waals surface area contributed by atoms with Gasteiger partial charge in [-0.1, -0.05) is 0 Å². The lowest BCUT2D eigenvalue weighted by Gasteiger charge is -2.06. The molecule has 0 radical (unpaired) electrons. The van der Waals surface area contributed by atoms with Crippen LogP contribution >= 0.6 is 0 Å². The number of aryl methyl sites for hydroxylation is 1. The molecule has 8 heteroatoms. The van der Waals surface area contributed by atoms with Gasteiger partial charge in [0, 0.05) is 18.8 Å². The maximum atomic E-state index is 12.5. The average Bonchev–Trinajstić information content (AvgIpc) is 2.77. The van der Waals surface area contributed by atoms with Crippen molar-refractivity contribution < 1.29 is 13.2 Å². The van der Waals surface area contributed by atoms with Gasteiger partial charge in [-0.05, 0) is 13.8 Å². The van der Waals surface area contributed by atoms with Crippen molar-refractivity contribution in [2.45, 2.75) is 20.0 Å². The maximum Gasteiger partial charge on any atom is 0.419 e. The predicted molar refractivity (Wildman–Crippen MR) is 63.1 cm³/mol. The van der Waals surface area contributed by atoms with Gasteiger partial charge >= 0.3 is 6.18 Å². The zero-order valence-corrected chi connectivity index (χ0v) is 10.4. The second kappa shape index (κ2) is 4.87. The van der Waals surface area contributed by atoms with Crippen molar-refractivity contribution in [2.24, 2.45) is 0 Å². The fourth-order valence-corrected chi connectivity index (χ4v) is 1.54. The molecule has 2 aromatic rings. The van der Waals surface area contributed by atoms with Crippen LogP contribution in [0.2, 0.25) is 0 Å². The highest BCUT2D eigenvalue weighted by Crippen LogP contribution is 2.29. The molecule has 0 saturated heterocycles. The van der Waals surface area contributed by atoms with Gasteiger partial charge in [0.25, 0.3) is 0 Å². The Bertz CT molecular complexity index is 576. The number of rotatable bonds is 3. The molecule has 0 spiro atoms. The molecular weight excluding hydrogens is 259 g/mol. The predicted octanol–water partition coefficient (Wildman–Crippen LogP) is 2.42. The van der Waals surface area contributed by atoms with Gasteiger partial charge in [-0.15, -0.1) is 0 Å². The minimum absolute atomic E-state index is 0.291. The Balaban J connectivity index is 2.38. The van der Waals surface area contributed by atoms with E-state index in [-0.39, 0.29) is 0 Å². The molecule has 2 rings (SSSR count). The monoisotopic (exact) mass is 271 g/mol. The summed E-state index contributed by atoms with van der Waals surface area (Å²) in [6.07, 6.45) is -2.74. The molecule has 0 bridgehead atoms.